The quantitative estimate of drug-likeness (QED) is 0.929. The average molecular weight is 268 g/mol. The molecule has 0 amide bonds. The number of benzene rings is 1. The number of hydrogen-bond acceptors (Lipinski definition) is 2. The zero-order valence-electron chi connectivity index (χ0n) is 10.3. The highest BCUT2D eigenvalue weighted by Gasteiger charge is 2.16. The Labute approximate surface area is 110 Å². The van der Waals surface area contributed by atoms with E-state index in [2.05, 4.69) is 5.10 Å². The van der Waals surface area contributed by atoms with Crippen molar-refractivity contribution >= 4 is 11.6 Å². The van der Waals surface area contributed by atoms with Gasteiger partial charge in [0.25, 0.3) is 0 Å². The van der Waals surface area contributed by atoms with Crippen LogP contribution in [0.25, 0.3) is 0 Å². The van der Waals surface area contributed by atoms with Crippen molar-refractivity contribution in [3.8, 4) is 0 Å². The molecule has 1 aromatic carbocycles. The van der Waals surface area contributed by atoms with Crippen LogP contribution in [-0.2, 0) is 13.5 Å². The molecule has 1 atom stereocenters. The maximum Gasteiger partial charge on any atom is 0.130 e. The van der Waals surface area contributed by atoms with Crippen LogP contribution in [0, 0.1) is 12.7 Å². The summed E-state index contributed by atoms with van der Waals surface area (Å²) in [6.07, 6.45) is 0.544. The molecule has 0 saturated heterocycles. The molecule has 2 rings (SSSR count). The summed E-state index contributed by atoms with van der Waals surface area (Å²) < 4.78 is 14.7. The van der Waals surface area contributed by atoms with Crippen molar-refractivity contribution in [3.63, 3.8) is 0 Å². The van der Waals surface area contributed by atoms with Gasteiger partial charge < -0.3 is 5.73 Å². The van der Waals surface area contributed by atoms with E-state index in [0.717, 1.165) is 16.8 Å². The van der Waals surface area contributed by atoms with Crippen molar-refractivity contribution in [2.24, 2.45) is 12.8 Å². The van der Waals surface area contributed by atoms with E-state index in [1.165, 1.54) is 12.1 Å². The molecule has 18 heavy (non-hydrogen) atoms. The van der Waals surface area contributed by atoms with Gasteiger partial charge >= 0.3 is 0 Å². The van der Waals surface area contributed by atoms with Crippen LogP contribution in [0.3, 0.4) is 0 Å². The topological polar surface area (TPSA) is 43.8 Å². The smallest absolute Gasteiger partial charge is 0.130 e. The Kier molecular flexibility index (Phi) is 3.68. The predicted molar refractivity (Wildman–Crippen MR) is 70.0 cm³/mol. The van der Waals surface area contributed by atoms with Gasteiger partial charge in [-0.3, -0.25) is 4.68 Å². The van der Waals surface area contributed by atoms with Crippen molar-refractivity contribution in [1.29, 1.82) is 0 Å². The van der Waals surface area contributed by atoms with E-state index in [1.54, 1.807) is 17.8 Å². The highest BCUT2D eigenvalue weighted by atomic mass is 35.5. The first-order chi connectivity index (χ1) is 8.49. The third-order valence-electron chi connectivity index (χ3n) is 2.97. The van der Waals surface area contributed by atoms with Gasteiger partial charge in [0.2, 0.25) is 0 Å². The molecular formula is C13H15ClFN3. The summed E-state index contributed by atoms with van der Waals surface area (Å²) in [6.45, 7) is 1.89. The molecule has 0 fully saturated rings. The largest absolute Gasteiger partial charge is 0.324 e. The molecular weight excluding hydrogens is 253 g/mol. The zero-order valence-corrected chi connectivity index (χ0v) is 11.1. The van der Waals surface area contributed by atoms with Crippen LogP contribution >= 0.6 is 11.6 Å². The second kappa shape index (κ2) is 5.08. The summed E-state index contributed by atoms with van der Waals surface area (Å²) in [6, 6.07) is 6.03. The number of hydrogen-bond donors (Lipinski definition) is 1. The first-order valence-corrected chi connectivity index (χ1v) is 6.06. The molecule has 1 unspecified atom stereocenters. The molecule has 2 aromatic rings. The molecule has 3 nitrogen and oxygen atoms in total. The molecule has 0 radical (unpaired) electrons. The average Bonchev–Trinajstić information content (AvgIpc) is 2.56. The first-order valence-electron chi connectivity index (χ1n) is 5.68. The zero-order chi connectivity index (χ0) is 13.3. The van der Waals surface area contributed by atoms with Crippen LogP contribution in [0.5, 0.6) is 0 Å². The van der Waals surface area contributed by atoms with Crippen LogP contribution in [0.4, 0.5) is 4.39 Å². The Bertz CT molecular complexity index is 565. The summed E-state index contributed by atoms with van der Waals surface area (Å²) >= 11 is 6.15. The van der Waals surface area contributed by atoms with Crippen LogP contribution in [0.2, 0.25) is 5.15 Å². The number of nitrogens with two attached hydrogens (primary N) is 1. The Morgan fingerprint density at radius 2 is 2.22 bits per heavy atom. The molecule has 96 valence electrons. The highest BCUT2D eigenvalue weighted by Crippen LogP contribution is 2.24. The predicted octanol–water partition coefficient (Wildman–Crippen LogP) is 2.76. The summed E-state index contributed by atoms with van der Waals surface area (Å²) in [5.74, 6) is -0.281. The van der Waals surface area contributed by atoms with Gasteiger partial charge in [-0.25, -0.2) is 4.39 Å². The van der Waals surface area contributed by atoms with Crippen LogP contribution in [0.15, 0.2) is 24.3 Å². The van der Waals surface area contributed by atoms with Gasteiger partial charge in [-0.05, 0) is 31.0 Å². The van der Waals surface area contributed by atoms with Gasteiger partial charge in [-0.15, -0.1) is 0 Å². The van der Waals surface area contributed by atoms with Crippen LogP contribution in [0.1, 0.15) is 22.9 Å². The summed E-state index contributed by atoms with van der Waals surface area (Å²) in [7, 11) is 1.78. The fraction of sp³-hybridized carbons (Fsp3) is 0.308. The highest BCUT2D eigenvalue weighted by molar-refractivity contribution is 6.30. The van der Waals surface area contributed by atoms with Crippen molar-refractivity contribution in [2.75, 3.05) is 0 Å². The SMILES string of the molecule is Cc1nn(C)c(Cl)c1CC(N)c1cccc(F)c1. The van der Waals surface area contributed by atoms with Crippen LogP contribution < -0.4 is 5.73 Å². The van der Waals surface area contributed by atoms with Gasteiger partial charge in [-0.2, -0.15) is 5.10 Å². The lowest BCUT2D eigenvalue weighted by molar-refractivity contribution is 0.618. The fourth-order valence-corrected chi connectivity index (χ4v) is 2.23. The first kappa shape index (κ1) is 13.1. The van der Waals surface area contributed by atoms with E-state index in [-0.39, 0.29) is 11.9 Å². The van der Waals surface area contributed by atoms with Gasteiger partial charge in [0.15, 0.2) is 0 Å². The Balaban J connectivity index is 2.24. The minimum Gasteiger partial charge on any atom is -0.324 e. The van der Waals surface area contributed by atoms with E-state index >= 15 is 0 Å². The standard InChI is InChI=1S/C13H15ClFN3/c1-8-11(13(14)18(2)17-8)7-12(16)9-4-3-5-10(15)6-9/h3-6,12H,7,16H2,1-2H3. The summed E-state index contributed by atoms with van der Waals surface area (Å²) in [4.78, 5) is 0. The molecule has 5 heteroatoms. The van der Waals surface area contributed by atoms with Gasteiger partial charge in [0, 0.05) is 18.7 Å². The second-order valence-corrected chi connectivity index (χ2v) is 4.70. The molecule has 0 aliphatic rings. The lowest BCUT2D eigenvalue weighted by Gasteiger charge is -2.12. The van der Waals surface area contributed by atoms with E-state index in [9.17, 15) is 4.39 Å². The molecule has 0 spiro atoms. The van der Waals surface area contributed by atoms with E-state index in [0.29, 0.717) is 11.6 Å². The molecule has 0 bridgehead atoms. The normalized spacial score (nSPS) is 12.7. The summed E-state index contributed by atoms with van der Waals surface area (Å²) in [5, 5.41) is 4.81. The van der Waals surface area contributed by atoms with Gasteiger partial charge in [0.1, 0.15) is 11.0 Å². The minimum atomic E-state index is -0.291. The van der Waals surface area contributed by atoms with E-state index in [1.807, 2.05) is 13.0 Å². The number of aromatic nitrogens is 2. The molecule has 2 N–H and O–H groups in total. The lowest BCUT2D eigenvalue weighted by atomic mass is 10.0. The molecule has 1 aromatic heterocycles. The van der Waals surface area contributed by atoms with Crippen molar-refractivity contribution in [1.82, 2.24) is 9.78 Å². The minimum absolute atomic E-state index is 0.281. The van der Waals surface area contributed by atoms with Crippen molar-refractivity contribution in [3.05, 3.63) is 52.1 Å². The number of rotatable bonds is 3. The third kappa shape index (κ3) is 2.54. The summed E-state index contributed by atoms with van der Waals surface area (Å²) in [5.41, 5.74) is 8.61. The monoisotopic (exact) mass is 267 g/mol. The maximum atomic E-state index is 13.1. The van der Waals surface area contributed by atoms with Crippen molar-refractivity contribution in [2.45, 2.75) is 19.4 Å². The molecule has 0 saturated carbocycles. The second-order valence-electron chi connectivity index (χ2n) is 4.34. The number of aryl methyl sites for hydroxylation is 2. The Hall–Kier alpha value is -1.39. The Morgan fingerprint density at radius 1 is 1.50 bits per heavy atom. The fourth-order valence-electron chi connectivity index (χ4n) is 1.98. The van der Waals surface area contributed by atoms with Gasteiger partial charge in [0.05, 0.1) is 5.69 Å². The molecule has 0 aliphatic carbocycles. The van der Waals surface area contributed by atoms with Gasteiger partial charge in [-0.1, -0.05) is 23.7 Å². The van der Waals surface area contributed by atoms with Crippen molar-refractivity contribution < 1.29 is 4.39 Å². The van der Waals surface area contributed by atoms with E-state index < -0.39 is 0 Å². The maximum absolute atomic E-state index is 13.1. The van der Waals surface area contributed by atoms with Crippen LogP contribution in [-0.4, -0.2) is 9.78 Å². The number of nitrogens with zero attached hydrogens (tertiary/aromatic N) is 2. The molecule has 0 aliphatic heterocycles. The lowest BCUT2D eigenvalue weighted by Crippen LogP contribution is -2.14. The van der Waals surface area contributed by atoms with E-state index in [4.69, 9.17) is 17.3 Å². The number of halogens is 2. The third-order valence-corrected chi connectivity index (χ3v) is 3.44. The molecule has 1 heterocycles. The Morgan fingerprint density at radius 3 is 2.78 bits per heavy atom.